The number of carbonyl (C=O) groups is 1. The van der Waals surface area contributed by atoms with Crippen molar-refractivity contribution in [1.82, 2.24) is 4.90 Å². The smallest absolute Gasteiger partial charge is 0.253 e. The maximum absolute atomic E-state index is 13.0. The maximum Gasteiger partial charge on any atom is 0.253 e. The summed E-state index contributed by atoms with van der Waals surface area (Å²) in [6, 6.07) is 20.9. The van der Waals surface area contributed by atoms with E-state index in [1.54, 1.807) is 0 Å². The summed E-state index contributed by atoms with van der Waals surface area (Å²) in [4.78, 5) is 17.3. The van der Waals surface area contributed by atoms with E-state index >= 15 is 0 Å². The SMILES string of the molecule is O=C(C1=CC[CH]C(Cc2ccccc2)=C1)N1CCN(c2ccccc2)CC1. The molecule has 1 aliphatic heterocycles. The molecule has 3 heteroatoms. The van der Waals surface area contributed by atoms with Crippen molar-refractivity contribution in [3.8, 4) is 0 Å². The van der Waals surface area contributed by atoms with Crippen molar-refractivity contribution in [2.45, 2.75) is 12.8 Å². The van der Waals surface area contributed by atoms with Crippen LogP contribution in [0.25, 0.3) is 0 Å². The number of hydrogen-bond donors (Lipinski definition) is 0. The summed E-state index contributed by atoms with van der Waals surface area (Å²) >= 11 is 0. The fraction of sp³-hybridized carbons (Fsp3) is 0.250. The first-order valence-corrected chi connectivity index (χ1v) is 9.67. The van der Waals surface area contributed by atoms with Crippen LogP contribution in [0.2, 0.25) is 0 Å². The van der Waals surface area contributed by atoms with E-state index < -0.39 is 0 Å². The van der Waals surface area contributed by atoms with Crippen LogP contribution in [0.1, 0.15) is 12.0 Å². The molecule has 4 rings (SSSR count). The van der Waals surface area contributed by atoms with Crippen molar-refractivity contribution in [2.75, 3.05) is 31.1 Å². The molecule has 1 aliphatic carbocycles. The molecule has 0 spiro atoms. The van der Waals surface area contributed by atoms with Gasteiger partial charge in [-0.3, -0.25) is 4.79 Å². The maximum atomic E-state index is 13.0. The van der Waals surface area contributed by atoms with Gasteiger partial charge < -0.3 is 9.80 Å². The zero-order chi connectivity index (χ0) is 18.5. The van der Waals surface area contributed by atoms with Crippen molar-refractivity contribution in [1.29, 1.82) is 0 Å². The van der Waals surface area contributed by atoms with E-state index in [9.17, 15) is 4.79 Å². The van der Waals surface area contributed by atoms with Gasteiger partial charge in [0.2, 0.25) is 0 Å². The predicted molar refractivity (Wildman–Crippen MR) is 110 cm³/mol. The second-order valence-corrected chi connectivity index (χ2v) is 7.10. The minimum atomic E-state index is 0.168. The molecule has 1 heterocycles. The van der Waals surface area contributed by atoms with Crippen molar-refractivity contribution in [3.63, 3.8) is 0 Å². The first-order chi connectivity index (χ1) is 13.3. The minimum absolute atomic E-state index is 0.168. The summed E-state index contributed by atoms with van der Waals surface area (Å²) in [5.41, 5.74) is 4.60. The number of anilines is 1. The van der Waals surface area contributed by atoms with Crippen LogP contribution < -0.4 is 4.90 Å². The lowest BCUT2D eigenvalue weighted by atomic mass is 9.93. The summed E-state index contributed by atoms with van der Waals surface area (Å²) in [5, 5.41) is 0. The number of carbonyl (C=O) groups excluding carboxylic acids is 1. The van der Waals surface area contributed by atoms with Gasteiger partial charge in [-0.25, -0.2) is 0 Å². The first kappa shape index (κ1) is 17.6. The lowest BCUT2D eigenvalue weighted by Gasteiger charge is -2.36. The standard InChI is InChI=1S/C24H25N2O/c27-24(26-16-14-25(15-17-26)23-12-5-2-6-13-23)22-11-7-10-21(19-22)18-20-8-3-1-4-9-20/h1-6,8-13,19H,7,14-18H2. The highest BCUT2D eigenvalue weighted by Crippen LogP contribution is 2.23. The molecule has 27 heavy (non-hydrogen) atoms. The van der Waals surface area contributed by atoms with Gasteiger partial charge in [-0.1, -0.05) is 60.2 Å². The molecule has 1 saturated heterocycles. The number of benzene rings is 2. The Labute approximate surface area is 161 Å². The van der Waals surface area contributed by atoms with E-state index in [4.69, 9.17) is 0 Å². The van der Waals surface area contributed by atoms with E-state index in [-0.39, 0.29) is 5.91 Å². The van der Waals surface area contributed by atoms with Crippen LogP contribution in [0.15, 0.2) is 84.0 Å². The second-order valence-electron chi connectivity index (χ2n) is 7.10. The summed E-state index contributed by atoms with van der Waals surface area (Å²) < 4.78 is 0. The lowest BCUT2D eigenvalue weighted by Crippen LogP contribution is -2.49. The van der Waals surface area contributed by atoms with Crippen LogP contribution in [-0.4, -0.2) is 37.0 Å². The highest BCUT2D eigenvalue weighted by molar-refractivity contribution is 5.97. The largest absolute Gasteiger partial charge is 0.368 e. The molecule has 0 saturated carbocycles. The van der Waals surface area contributed by atoms with Gasteiger partial charge in [0.1, 0.15) is 0 Å². The molecule has 2 aromatic rings. The van der Waals surface area contributed by atoms with Gasteiger partial charge in [-0.15, -0.1) is 0 Å². The van der Waals surface area contributed by atoms with Crippen LogP contribution in [0, 0.1) is 6.42 Å². The Hall–Kier alpha value is -2.81. The monoisotopic (exact) mass is 357 g/mol. The summed E-state index contributed by atoms with van der Waals surface area (Å²) in [6.07, 6.45) is 8.07. The quantitative estimate of drug-likeness (QED) is 0.824. The zero-order valence-corrected chi connectivity index (χ0v) is 15.6. The zero-order valence-electron chi connectivity index (χ0n) is 15.6. The molecule has 0 aromatic heterocycles. The van der Waals surface area contributed by atoms with Crippen LogP contribution in [0.4, 0.5) is 5.69 Å². The Balaban J connectivity index is 1.37. The van der Waals surface area contributed by atoms with E-state index in [0.717, 1.165) is 44.6 Å². The molecule has 0 N–H and O–H groups in total. The van der Waals surface area contributed by atoms with Crippen molar-refractivity contribution >= 4 is 11.6 Å². The van der Waals surface area contributed by atoms with Crippen LogP contribution >= 0.6 is 0 Å². The molecule has 2 aromatic carbocycles. The van der Waals surface area contributed by atoms with Gasteiger partial charge in [0.05, 0.1) is 0 Å². The van der Waals surface area contributed by atoms with Crippen molar-refractivity contribution in [3.05, 3.63) is 95.9 Å². The van der Waals surface area contributed by atoms with Gasteiger partial charge in [-0.2, -0.15) is 0 Å². The molecule has 0 unspecified atom stereocenters. The molecule has 0 atom stereocenters. The molecule has 1 radical (unpaired) electrons. The number of nitrogens with zero attached hydrogens (tertiary/aromatic N) is 2. The highest BCUT2D eigenvalue weighted by Gasteiger charge is 2.24. The van der Waals surface area contributed by atoms with Gasteiger partial charge in [0, 0.05) is 37.4 Å². The average Bonchev–Trinajstić information content (AvgIpc) is 2.75. The van der Waals surface area contributed by atoms with Gasteiger partial charge >= 0.3 is 0 Å². The highest BCUT2D eigenvalue weighted by atomic mass is 16.2. The van der Waals surface area contributed by atoms with Crippen molar-refractivity contribution < 1.29 is 4.79 Å². The fourth-order valence-electron chi connectivity index (χ4n) is 3.75. The number of allylic oxidation sites excluding steroid dienone is 2. The molecule has 137 valence electrons. The number of hydrogen-bond acceptors (Lipinski definition) is 2. The van der Waals surface area contributed by atoms with Gasteiger partial charge in [0.25, 0.3) is 5.91 Å². The summed E-state index contributed by atoms with van der Waals surface area (Å²) in [5.74, 6) is 0.168. The second kappa shape index (κ2) is 8.26. The Morgan fingerprint density at radius 1 is 0.852 bits per heavy atom. The van der Waals surface area contributed by atoms with E-state index in [0.29, 0.717) is 0 Å². The van der Waals surface area contributed by atoms with Crippen molar-refractivity contribution in [2.24, 2.45) is 0 Å². The summed E-state index contributed by atoms with van der Waals surface area (Å²) in [7, 11) is 0. The topological polar surface area (TPSA) is 23.6 Å². The Bertz CT molecular complexity index is 831. The third kappa shape index (κ3) is 4.30. The minimum Gasteiger partial charge on any atom is -0.368 e. The van der Waals surface area contributed by atoms with E-state index in [1.165, 1.54) is 16.8 Å². The first-order valence-electron chi connectivity index (χ1n) is 9.67. The molecule has 3 nitrogen and oxygen atoms in total. The number of rotatable bonds is 4. The normalized spacial score (nSPS) is 17.3. The molecule has 1 fully saturated rings. The van der Waals surface area contributed by atoms with E-state index in [1.807, 2.05) is 17.0 Å². The molecule has 1 amide bonds. The average molecular weight is 357 g/mol. The van der Waals surface area contributed by atoms with Gasteiger partial charge in [0.15, 0.2) is 0 Å². The molecular formula is C24H25N2O. The van der Waals surface area contributed by atoms with Gasteiger partial charge in [-0.05, 0) is 43.0 Å². The lowest BCUT2D eigenvalue weighted by molar-refractivity contribution is -0.127. The predicted octanol–water partition coefficient (Wildman–Crippen LogP) is 4.04. The fourth-order valence-corrected chi connectivity index (χ4v) is 3.75. The Kier molecular flexibility index (Phi) is 5.38. The third-order valence-corrected chi connectivity index (χ3v) is 5.24. The Morgan fingerprint density at radius 2 is 1.52 bits per heavy atom. The molecule has 2 aliphatic rings. The third-order valence-electron chi connectivity index (χ3n) is 5.24. The van der Waals surface area contributed by atoms with E-state index in [2.05, 4.69) is 72.0 Å². The Morgan fingerprint density at radius 3 is 2.22 bits per heavy atom. The van der Waals surface area contributed by atoms with Crippen LogP contribution in [0.5, 0.6) is 0 Å². The number of piperazine rings is 1. The molecule has 0 bridgehead atoms. The van der Waals surface area contributed by atoms with Crippen LogP contribution in [0.3, 0.4) is 0 Å². The van der Waals surface area contributed by atoms with Crippen LogP contribution in [-0.2, 0) is 11.2 Å². The number of para-hydroxylation sites is 1. The summed E-state index contributed by atoms with van der Waals surface area (Å²) in [6.45, 7) is 3.32. The number of amides is 1. The molecular weight excluding hydrogens is 332 g/mol.